The van der Waals surface area contributed by atoms with E-state index in [-0.39, 0.29) is 0 Å². The molecule has 2 aliphatic heterocycles. The predicted octanol–water partition coefficient (Wildman–Crippen LogP) is 4.32. The molecule has 0 bridgehead atoms. The van der Waals surface area contributed by atoms with Crippen LogP contribution in [0.3, 0.4) is 0 Å². The van der Waals surface area contributed by atoms with Crippen molar-refractivity contribution in [3.63, 3.8) is 0 Å². The van der Waals surface area contributed by atoms with Crippen LogP contribution in [0, 0.1) is 0 Å². The van der Waals surface area contributed by atoms with E-state index in [1.807, 2.05) is 18.0 Å². The van der Waals surface area contributed by atoms with Crippen LogP contribution in [0.1, 0.15) is 23.5 Å². The third-order valence-electron chi connectivity index (χ3n) is 4.55. The molecule has 0 amide bonds. The van der Waals surface area contributed by atoms with E-state index in [1.165, 1.54) is 11.1 Å². The van der Waals surface area contributed by atoms with E-state index in [0.29, 0.717) is 16.3 Å². The van der Waals surface area contributed by atoms with Crippen molar-refractivity contribution < 1.29 is 0 Å². The number of fused-ring (bicyclic) bond motifs is 3. The lowest BCUT2D eigenvalue weighted by Gasteiger charge is -2.34. The Morgan fingerprint density at radius 1 is 1.30 bits per heavy atom. The van der Waals surface area contributed by atoms with Gasteiger partial charge in [0.05, 0.1) is 0 Å². The minimum atomic E-state index is 0.505. The Kier molecular flexibility index (Phi) is 4.54. The molecule has 0 spiro atoms. The van der Waals surface area contributed by atoms with Crippen molar-refractivity contribution >= 4 is 35.1 Å². The van der Waals surface area contributed by atoms with Crippen LogP contribution in [0.2, 0.25) is 5.15 Å². The van der Waals surface area contributed by atoms with Crippen molar-refractivity contribution in [3.8, 4) is 0 Å². The fourth-order valence-electron chi connectivity index (χ4n) is 3.46. The molecule has 2 aromatic rings. The van der Waals surface area contributed by atoms with E-state index in [0.717, 1.165) is 36.2 Å². The molecule has 0 saturated carbocycles. The molecule has 23 heavy (non-hydrogen) atoms. The van der Waals surface area contributed by atoms with Crippen molar-refractivity contribution in [1.82, 2.24) is 14.9 Å². The Balaban J connectivity index is 1.51. The molecule has 2 aliphatic rings. The number of thioether (sulfide) groups is 2. The van der Waals surface area contributed by atoms with Gasteiger partial charge in [0.2, 0.25) is 0 Å². The normalized spacial score (nSPS) is 23.6. The molecular formula is C17H18ClN3S2. The second-order valence-corrected chi connectivity index (χ2v) is 8.35. The third kappa shape index (κ3) is 3.12. The number of rotatable bonds is 3. The van der Waals surface area contributed by atoms with Gasteiger partial charge in [-0.05, 0) is 24.8 Å². The third-order valence-corrected chi connectivity index (χ3v) is 6.70. The first-order valence-corrected chi connectivity index (χ1v) is 10.3. The van der Waals surface area contributed by atoms with Crippen LogP contribution in [-0.4, -0.2) is 39.5 Å². The van der Waals surface area contributed by atoms with Crippen LogP contribution in [-0.2, 0) is 6.54 Å². The van der Waals surface area contributed by atoms with Gasteiger partial charge in [0.25, 0.3) is 0 Å². The van der Waals surface area contributed by atoms with Crippen molar-refractivity contribution in [2.24, 2.45) is 0 Å². The maximum Gasteiger partial charge on any atom is 0.189 e. The molecular weight excluding hydrogens is 346 g/mol. The average Bonchev–Trinajstić information content (AvgIpc) is 2.93. The van der Waals surface area contributed by atoms with E-state index in [2.05, 4.69) is 45.2 Å². The summed E-state index contributed by atoms with van der Waals surface area (Å²) in [4.78, 5) is 11.7. The predicted molar refractivity (Wildman–Crippen MR) is 97.5 cm³/mol. The molecule has 1 aromatic carbocycles. The molecule has 0 radical (unpaired) electrons. The summed E-state index contributed by atoms with van der Waals surface area (Å²) in [5.41, 5.74) is 2.58. The number of hydrogen-bond acceptors (Lipinski definition) is 5. The quantitative estimate of drug-likeness (QED) is 0.460. The molecule has 3 nitrogen and oxygen atoms in total. The summed E-state index contributed by atoms with van der Waals surface area (Å²) in [6.07, 6.45) is 3.13. The second-order valence-electron chi connectivity index (χ2n) is 5.99. The molecule has 1 saturated heterocycles. The lowest BCUT2D eigenvalue weighted by Crippen LogP contribution is -2.39. The first-order valence-electron chi connectivity index (χ1n) is 7.79. The van der Waals surface area contributed by atoms with Gasteiger partial charge in [-0.3, -0.25) is 4.90 Å². The Bertz CT molecular complexity index is 710. The van der Waals surface area contributed by atoms with Crippen molar-refractivity contribution in [1.29, 1.82) is 0 Å². The first-order chi connectivity index (χ1) is 11.2. The summed E-state index contributed by atoms with van der Waals surface area (Å²) in [6.45, 7) is 3.22. The minimum Gasteiger partial charge on any atom is -0.298 e. The molecule has 2 atom stereocenters. The number of piperidine rings is 1. The highest BCUT2D eigenvalue weighted by molar-refractivity contribution is 8.00. The monoisotopic (exact) mass is 363 g/mol. The Labute approximate surface area is 150 Å². The number of hydrogen-bond donors (Lipinski definition) is 0. The summed E-state index contributed by atoms with van der Waals surface area (Å²) in [6, 6.07) is 10.7. The van der Waals surface area contributed by atoms with Gasteiger partial charge in [0.15, 0.2) is 5.16 Å². The summed E-state index contributed by atoms with van der Waals surface area (Å²) in [5.74, 6) is 0.505. The van der Waals surface area contributed by atoms with Crippen LogP contribution in [0.5, 0.6) is 0 Å². The Hall–Kier alpha value is -0.750. The van der Waals surface area contributed by atoms with Crippen LogP contribution in [0.25, 0.3) is 0 Å². The number of aromatic nitrogens is 2. The molecule has 6 heteroatoms. The average molecular weight is 364 g/mol. The van der Waals surface area contributed by atoms with Gasteiger partial charge in [-0.2, -0.15) is 0 Å². The SMILES string of the molecule is CSc1nc(Cl)c2c(n1)SC1CN(Cc3ccccc3)CCC21. The number of benzene rings is 1. The number of halogens is 1. The standard InChI is InChI=1S/C17H18ClN3S2/c1-22-17-19-15(18)14-12-7-8-21(9-11-5-3-2-4-6-11)10-13(12)23-16(14)20-17/h2-6,12-13H,7-10H2,1H3. The van der Waals surface area contributed by atoms with E-state index in [4.69, 9.17) is 11.6 Å². The lowest BCUT2D eigenvalue weighted by atomic mass is 9.91. The van der Waals surface area contributed by atoms with E-state index in [1.54, 1.807) is 11.8 Å². The molecule has 2 unspecified atom stereocenters. The highest BCUT2D eigenvalue weighted by Gasteiger charge is 2.40. The molecule has 0 N–H and O–H groups in total. The lowest BCUT2D eigenvalue weighted by molar-refractivity contribution is 0.212. The zero-order valence-electron chi connectivity index (χ0n) is 12.9. The van der Waals surface area contributed by atoms with E-state index >= 15 is 0 Å². The molecule has 4 rings (SSSR count). The highest BCUT2D eigenvalue weighted by Crippen LogP contribution is 2.50. The van der Waals surface area contributed by atoms with E-state index in [9.17, 15) is 0 Å². The summed E-state index contributed by atoms with van der Waals surface area (Å²) in [5, 5.41) is 3.09. The number of nitrogens with zero attached hydrogens (tertiary/aromatic N) is 3. The molecule has 0 aliphatic carbocycles. The summed E-state index contributed by atoms with van der Waals surface area (Å²) in [7, 11) is 0. The van der Waals surface area contributed by atoms with Crippen molar-refractivity contribution in [2.75, 3.05) is 19.3 Å². The van der Waals surface area contributed by atoms with E-state index < -0.39 is 0 Å². The van der Waals surface area contributed by atoms with Crippen molar-refractivity contribution in [2.45, 2.75) is 34.3 Å². The van der Waals surface area contributed by atoms with Gasteiger partial charge in [0.1, 0.15) is 10.2 Å². The molecule has 1 aromatic heterocycles. The highest BCUT2D eigenvalue weighted by atomic mass is 35.5. The van der Waals surface area contributed by atoms with Crippen LogP contribution >= 0.6 is 35.1 Å². The van der Waals surface area contributed by atoms with Gasteiger partial charge in [0, 0.05) is 29.8 Å². The summed E-state index contributed by atoms with van der Waals surface area (Å²) >= 11 is 9.89. The van der Waals surface area contributed by atoms with Gasteiger partial charge in [-0.15, -0.1) is 11.8 Å². The molecule has 3 heterocycles. The Morgan fingerprint density at radius 2 is 2.13 bits per heavy atom. The molecule has 120 valence electrons. The topological polar surface area (TPSA) is 29.0 Å². The van der Waals surface area contributed by atoms with Gasteiger partial charge in [-0.25, -0.2) is 9.97 Å². The van der Waals surface area contributed by atoms with Gasteiger partial charge >= 0.3 is 0 Å². The Morgan fingerprint density at radius 3 is 2.91 bits per heavy atom. The second kappa shape index (κ2) is 6.63. The maximum atomic E-state index is 6.45. The number of likely N-dealkylation sites (tertiary alicyclic amines) is 1. The smallest absolute Gasteiger partial charge is 0.189 e. The summed E-state index contributed by atoms with van der Waals surface area (Å²) < 4.78 is 0. The van der Waals surface area contributed by atoms with Crippen LogP contribution in [0.15, 0.2) is 40.5 Å². The van der Waals surface area contributed by atoms with Crippen LogP contribution < -0.4 is 0 Å². The first kappa shape index (κ1) is 15.8. The van der Waals surface area contributed by atoms with Gasteiger partial charge < -0.3 is 0 Å². The molecule has 1 fully saturated rings. The fourth-order valence-corrected chi connectivity index (χ4v) is 5.82. The fraction of sp³-hybridized carbons (Fsp3) is 0.412. The zero-order chi connectivity index (χ0) is 15.8. The maximum absolute atomic E-state index is 6.45. The van der Waals surface area contributed by atoms with Crippen LogP contribution in [0.4, 0.5) is 0 Å². The minimum absolute atomic E-state index is 0.505. The van der Waals surface area contributed by atoms with Gasteiger partial charge in [-0.1, -0.05) is 53.7 Å². The zero-order valence-corrected chi connectivity index (χ0v) is 15.3. The van der Waals surface area contributed by atoms with Crippen molar-refractivity contribution in [3.05, 3.63) is 46.6 Å². The largest absolute Gasteiger partial charge is 0.298 e.